The summed E-state index contributed by atoms with van der Waals surface area (Å²) in [6.07, 6.45) is 10.3. The molecule has 6 nitrogen and oxygen atoms in total. The topological polar surface area (TPSA) is 81.4 Å². The van der Waals surface area contributed by atoms with Crippen LogP contribution in [0.1, 0.15) is 65.5 Å². The number of allylic oxidation sites excluding steroid dienone is 1. The van der Waals surface area contributed by atoms with Crippen LogP contribution in [-0.2, 0) is 17.7 Å². The highest BCUT2D eigenvalue weighted by molar-refractivity contribution is 5.89. The van der Waals surface area contributed by atoms with E-state index in [4.69, 9.17) is 9.84 Å². The van der Waals surface area contributed by atoms with Crippen molar-refractivity contribution in [3.63, 3.8) is 0 Å². The van der Waals surface area contributed by atoms with E-state index in [0.717, 1.165) is 36.9 Å². The first-order valence-corrected chi connectivity index (χ1v) is 11.0. The first-order valence-electron chi connectivity index (χ1n) is 11.0. The minimum Gasteiger partial charge on any atom is -0.478 e. The smallest absolute Gasteiger partial charge is 0.338 e. The second-order valence-electron chi connectivity index (χ2n) is 9.02. The van der Waals surface area contributed by atoms with Crippen LogP contribution in [0.5, 0.6) is 0 Å². The maximum atomic E-state index is 12.2. The van der Waals surface area contributed by atoms with Gasteiger partial charge in [-0.05, 0) is 81.0 Å². The number of aryl methyl sites for hydroxylation is 1. The highest BCUT2D eigenvalue weighted by Gasteiger charge is 2.17. The summed E-state index contributed by atoms with van der Waals surface area (Å²) in [5, 5.41) is 9.10. The van der Waals surface area contributed by atoms with E-state index in [0.29, 0.717) is 5.56 Å². The quantitative estimate of drug-likeness (QED) is 0.430. The van der Waals surface area contributed by atoms with Gasteiger partial charge in [-0.15, -0.1) is 0 Å². The second kappa shape index (κ2) is 10.8. The third kappa shape index (κ3) is 7.75. The molecule has 0 spiro atoms. The molecule has 2 aromatic carbocycles. The van der Waals surface area contributed by atoms with Gasteiger partial charge in [0.1, 0.15) is 5.60 Å². The van der Waals surface area contributed by atoms with E-state index in [1.807, 2.05) is 67.9 Å². The molecule has 6 heteroatoms. The van der Waals surface area contributed by atoms with Crippen LogP contribution in [0.25, 0.3) is 6.08 Å². The molecule has 0 aliphatic carbocycles. The Hall–Kier alpha value is -3.67. The lowest BCUT2D eigenvalue weighted by molar-refractivity contribution is 0.00693. The molecule has 0 saturated heterocycles. The monoisotopic (exact) mass is 446 g/mol. The number of hydrogen-bond acceptors (Lipinski definition) is 4. The minimum atomic E-state index is -0.929. The van der Waals surface area contributed by atoms with Gasteiger partial charge in [0.25, 0.3) is 0 Å². The Bertz CT molecular complexity index is 1090. The summed E-state index contributed by atoms with van der Waals surface area (Å²) in [6.45, 7) is 6.29. The van der Waals surface area contributed by atoms with Gasteiger partial charge in [0.05, 0.1) is 17.5 Å². The zero-order valence-electron chi connectivity index (χ0n) is 19.3. The number of hydrogen-bond donors (Lipinski definition) is 1. The lowest BCUT2D eigenvalue weighted by atomic mass is 10.0. The molecule has 0 aliphatic rings. The average molecular weight is 447 g/mol. The maximum Gasteiger partial charge on any atom is 0.338 e. The van der Waals surface area contributed by atoms with Crippen LogP contribution < -0.4 is 0 Å². The Labute approximate surface area is 194 Å². The molecule has 0 saturated carbocycles. The largest absolute Gasteiger partial charge is 0.478 e. The van der Waals surface area contributed by atoms with E-state index in [2.05, 4.69) is 11.1 Å². The van der Waals surface area contributed by atoms with Gasteiger partial charge in [-0.3, -0.25) is 0 Å². The van der Waals surface area contributed by atoms with Crippen molar-refractivity contribution in [1.29, 1.82) is 0 Å². The lowest BCUT2D eigenvalue weighted by Crippen LogP contribution is -2.23. The average Bonchev–Trinajstić information content (AvgIpc) is 3.26. The fourth-order valence-corrected chi connectivity index (χ4v) is 3.43. The molecule has 0 bridgehead atoms. The van der Waals surface area contributed by atoms with E-state index in [1.165, 1.54) is 5.57 Å². The minimum absolute atomic E-state index is 0.276. The van der Waals surface area contributed by atoms with Gasteiger partial charge >= 0.3 is 11.9 Å². The molecular formula is C27H30N2O4. The first kappa shape index (κ1) is 24.0. The lowest BCUT2D eigenvalue weighted by Gasteiger charge is -2.19. The van der Waals surface area contributed by atoms with Crippen molar-refractivity contribution in [2.45, 2.75) is 52.2 Å². The van der Waals surface area contributed by atoms with Crippen molar-refractivity contribution in [3.05, 3.63) is 95.1 Å². The molecule has 0 aliphatic heterocycles. The molecule has 0 radical (unpaired) electrons. The number of carboxylic acids is 1. The molecule has 1 aromatic heterocycles. The number of ether oxygens (including phenoxy) is 1. The van der Waals surface area contributed by atoms with Gasteiger partial charge in [0.2, 0.25) is 0 Å². The van der Waals surface area contributed by atoms with Crippen molar-refractivity contribution in [1.82, 2.24) is 9.55 Å². The summed E-state index contributed by atoms with van der Waals surface area (Å²) < 4.78 is 7.44. The Morgan fingerprint density at radius 2 is 1.70 bits per heavy atom. The predicted molar refractivity (Wildman–Crippen MR) is 128 cm³/mol. The number of imidazole rings is 1. The summed E-state index contributed by atoms with van der Waals surface area (Å²) in [5.41, 5.74) is 3.67. The predicted octanol–water partition coefficient (Wildman–Crippen LogP) is 5.64. The molecule has 33 heavy (non-hydrogen) atoms. The summed E-state index contributed by atoms with van der Waals surface area (Å²) >= 11 is 0. The summed E-state index contributed by atoms with van der Waals surface area (Å²) in [6, 6.07) is 14.5. The Morgan fingerprint density at radius 1 is 1.03 bits per heavy atom. The van der Waals surface area contributed by atoms with Crippen LogP contribution in [0.2, 0.25) is 0 Å². The van der Waals surface area contributed by atoms with Crippen LogP contribution >= 0.6 is 0 Å². The third-order valence-corrected chi connectivity index (χ3v) is 5.03. The number of esters is 1. The van der Waals surface area contributed by atoms with E-state index in [1.54, 1.807) is 24.7 Å². The number of aromatic carboxylic acids is 1. The number of nitrogens with zero attached hydrogens (tertiary/aromatic N) is 2. The van der Waals surface area contributed by atoms with E-state index < -0.39 is 11.6 Å². The fraction of sp³-hybridized carbons (Fsp3) is 0.296. The van der Waals surface area contributed by atoms with Gasteiger partial charge in [-0.2, -0.15) is 0 Å². The van der Waals surface area contributed by atoms with Crippen LogP contribution in [0.4, 0.5) is 0 Å². The van der Waals surface area contributed by atoms with Crippen LogP contribution in [0.15, 0.2) is 72.8 Å². The maximum absolute atomic E-state index is 12.2. The number of rotatable bonds is 9. The first-order chi connectivity index (χ1) is 15.7. The van der Waals surface area contributed by atoms with Gasteiger partial charge in [0, 0.05) is 18.9 Å². The number of aromatic nitrogens is 2. The molecule has 172 valence electrons. The number of carbonyl (C=O) groups excluding carboxylic acids is 1. The fourth-order valence-electron chi connectivity index (χ4n) is 3.43. The van der Waals surface area contributed by atoms with E-state index >= 15 is 0 Å². The Morgan fingerprint density at radius 3 is 2.27 bits per heavy atom. The summed E-state index contributed by atoms with van der Waals surface area (Å²) in [5.74, 6) is -1.24. The van der Waals surface area contributed by atoms with E-state index in [9.17, 15) is 9.59 Å². The number of benzene rings is 2. The summed E-state index contributed by atoms with van der Waals surface area (Å²) in [7, 11) is 0. The number of carboxylic acid groups (broad SMARTS) is 1. The van der Waals surface area contributed by atoms with Crippen molar-refractivity contribution >= 4 is 18.0 Å². The Kier molecular flexibility index (Phi) is 7.83. The van der Waals surface area contributed by atoms with Crippen LogP contribution in [-0.4, -0.2) is 32.2 Å². The third-order valence-electron chi connectivity index (χ3n) is 5.03. The van der Waals surface area contributed by atoms with E-state index in [-0.39, 0.29) is 11.5 Å². The molecule has 0 fully saturated rings. The number of carbonyl (C=O) groups is 2. The van der Waals surface area contributed by atoms with Gasteiger partial charge in [-0.1, -0.05) is 30.3 Å². The molecule has 1 heterocycles. The van der Waals surface area contributed by atoms with Crippen LogP contribution in [0, 0.1) is 0 Å². The van der Waals surface area contributed by atoms with Gasteiger partial charge in [0.15, 0.2) is 0 Å². The highest BCUT2D eigenvalue weighted by Crippen LogP contribution is 2.18. The van der Waals surface area contributed by atoms with Crippen molar-refractivity contribution in [3.8, 4) is 0 Å². The zero-order chi connectivity index (χ0) is 23.8. The molecule has 3 aromatic rings. The Balaban J connectivity index is 1.63. The molecule has 0 atom stereocenters. The van der Waals surface area contributed by atoms with Gasteiger partial charge in [-0.25, -0.2) is 14.6 Å². The molecule has 0 unspecified atom stereocenters. The second-order valence-corrected chi connectivity index (χ2v) is 9.02. The molecule has 3 rings (SSSR count). The van der Waals surface area contributed by atoms with Gasteiger partial charge < -0.3 is 14.4 Å². The SMILES string of the molecule is CC(C)(C)OC(=O)c1ccc(CCC/C(=C\c2ccc(C(=O)O)cc2)Cn2ccnc2)cc1. The standard InChI is InChI=1S/C27H30N2O4/c1-27(2,3)33-26(32)24-13-7-20(8-14-24)5-4-6-22(18-29-16-15-28-19-29)17-21-9-11-23(12-10-21)25(30)31/h7-17,19H,4-6,18H2,1-3H3,(H,30,31)/b22-17+. The summed E-state index contributed by atoms with van der Waals surface area (Å²) in [4.78, 5) is 27.4. The van der Waals surface area contributed by atoms with Crippen LogP contribution in [0.3, 0.4) is 0 Å². The zero-order valence-corrected chi connectivity index (χ0v) is 19.3. The molecular weight excluding hydrogens is 416 g/mol. The van der Waals surface area contributed by atoms with Crippen molar-refractivity contribution in [2.75, 3.05) is 0 Å². The molecule has 1 N–H and O–H groups in total. The normalized spacial score (nSPS) is 11.9. The molecule has 0 amide bonds. The highest BCUT2D eigenvalue weighted by atomic mass is 16.6. The van der Waals surface area contributed by atoms with Crippen molar-refractivity contribution < 1.29 is 19.4 Å². The van der Waals surface area contributed by atoms with Crippen molar-refractivity contribution in [2.24, 2.45) is 0 Å².